The second-order valence-corrected chi connectivity index (χ2v) is 8.25. The SMILES string of the molecule is Cc1cccc(N2CC(C(=O)NCC(C)(C)N3CCOCC3)CC2=O)c1C. The lowest BCUT2D eigenvalue weighted by atomic mass is 10.0. The number of hydrogen-bond donors (Lipinski definition) is 1. The van der Waals surface area contributed by atoms with Gasteiger partial charge in [-0.3, -0.25) is 14.5 Å². The number of ether oxygens (including phenoxy) is 1. The van der Waals surface area contributed by atoms with Crippen molar-refractivity contribution in [2.24, 2.45) is 5.92 Å². The summed E-state index contributed by atoms with van der Waals surface area (Å²) in [4.78, 5) is 29.4. The van der Waals surface area contributed by atoms with Crippen molar-refractivity contribution in [3.05, 3.63) is 29.3 Å². The summed E-state index contributed by atoms with van der Waals surface area (Å²) in [6.07, 6.45) is 0.275. The maximum Gasteiger partial charge on any atom is 0.227 e. The van der Waals surface area contributed by atoms with Crippen LogP contribution in [0.1, 0.15) is 31.4 Å². The molecule has 6 nitrogen and oxygen atoms in total. The van der Waals surface area contributed by atoms with Crippen LogP contribution in [0.5, 0.6) is 0 Å². The summed E-state index contributed by atoms with van der Waals surface area (Å²) < 4.78 is 5.41. The zero-order chi connectivity index (χ0) is 19.6. The molecule has 0 bridgehead atoms. The van der Waals surface area contributed by atoms with Gasteiger partial charge >= 0.3 is 0 Å². The van der Waals surface area contributed by atoms with E-state index >= 15 is 0 Å². The van der Waals surface area contributed by atoms with Gasteiger partial charge in [0.2, 0.25) is 11.8 Å². The number of amides is 2. The van der Waals surface area contributed by atoms with Gasteiger partial charge in [-0.2, -0.15) is 0 Å². The number of hydrogen-bond acceptors (Lipinski definition) is 4. The second-order valence-electron chi connectivity index (χ2n) is 8.25. The third kappa shape index (κ3) is 4.33. The van der Waals surface area contributed by atoms with E-state index in [1.165, 1.54) is 0 Å². The van der Waals surface area contributed by atoms with Gasteiger partial charge in [0.25, 0.3) is 0 Å². The van der Waals surface area contributed by atoms with Gasteiger partial charge in [0.15, 0.2) is 0 Å². The van der Waals surface area contributed by atoms with Crippen LogP contribution in [0.3, 0.4) is 0 Å². The Hall–Kier alpha value is -1.92. The summed E-state index contributed by atoms with van der Waals surface area (Å²) in [5.41, 5.74) is 3.04. The van der Waals surface area contributed by atoms with E-state index in [4.69, 9.17) is 4.74 Å². The van der Waals surface area contributed by atoms with Crippen LogP contribution < -0.4 is 10.2 Å². The highest BCUT2D eigenvalue weighted by atomic mass is 16.5. The number of anilines is 1. The van der Waals surface area contributed by atoms with E-state index in [0.717, 1.165) is 43.1 Å². The van der Waals surface area contributed by atoms with Gasteiger partial charge in [-0.15, -0.1) is 0 Å². The molecule has 1 aromatic rings. The van der Waals surface area contributed by atoms with Crippen LogP contribution >= 0.6 is 0 Å². The number of rotatable bonds is 5. The van der Waals surface area contributed by atoms with E-state index in [9.17, 15) is 9.59 Å². The molecule has 6 heteroatoms. The molecule has 2 fully saturated rings. The standard InChI is InChI=1S/C21H31N3O3/c1-15-6-5-7-18(16(15)2)24-13-17(12-19(24)25)20(26)22-14-21(3,4)23-8-10-27-11-9-23/h5-7,17H,8-14H2,1-4H3,(H,22,26). The number of carbonyl (C=O) groups is 2. The Labute approximate surface area is 161 Å². The third-order valence-corrected chi connectivity index (χ3v) is 5.93. The number of aryl methyl sites for hydroxylation is 1. The maximum atomic E-state index is 12.7. The van der Waals surface area contributed by atoms with Gasteiger partial charge in [0.05, 0.1) is 19.1 Å². The topological polar surface area (TPSA) is 61.9 Å². The molecule has 2 amide bonds. The Kier molecular flexibility index (Phi) is 5.86. The molecule has 2 aliphatic heterocycles. The number of nitrogens with one attached hydrogen (secondary N) is 1. The quantitative estimate of drug-likeness (QED) is 0.856. The minimum atomic E-state index is -0.294. The first-order valence-corrected chi connectivity index (χ1v) is 9.76. The number of morpholine rings is 1. The number of nitrogens with zero attached hydrogens (tertiary/aromatic N) is 2. The molecule has 3 rings (SSSR count). The molecule has 0 radical (unpaired) electrons. The van der Waals surface area contributed by atoms with Gasteiger partial charge in [-0.25, -0.2) is 0 Å². The lowest BCUT2D eigenvalue weighted by molar-refractivity contribution is -0.127. The van der Waals surface area contributed by atoms with Crippen molar-refractivity contribution in [2.45, 2.75) is 39.7 Å². The smallest absolute Gasteiger partial charge is 0.227 e. The Morgan fingerprint density at radius 3 is 2.67 bits per heavy atom. The van der Waals surface area contributed by atoms with Crippen molar-refractivity contribution in [3.8, 4) is 0 Å². The van der Waals surface area contributed by atoms with Crippen LogP contribution in [0, 0.1) is 19.8 Å². The molecular formula is C21H31N3O3. The molecule has 0 spiro atoms. The fraction of sp³-hybridized carbons (Fsp3) is 0.619. The first kappa shape index (κ1) is 19.8. The highest BCUT2D eigenvalue weighted by Gasteiger charge is 2.37. The molecule has 27 heavy (non-hydrogen) atoms. The highest BCUT2D eigenvalue weighted by molar-refractivity contribution is 6.00. The van der Waals surface area contributed by atoms with Crippen molar-refractivity contribution >= 4 is 17.5 Å². The van der Waals surface area contributed by atoms with Crippen molar-refractivity contribution in [1.82, 2.24) is 10.2 Å². The van der Waals surface area contributed by atoms with Gasteiger partial charge in [-0.1, -0.05) is 12.1 Å². The third-order valence-electron chi connectivity index (χ3n) is 5.93. The van der Waals surface area contributed by atoms with Crippen LogP contribution in [-0.2, 0) is 14.3 Å². The highest BCUT2D eigenvalue weighted by Crippen LogP contribution is 2.29. The average molecular weight is 373 g/mol. The molecule has 2 heterocycles. The van der Waals surface area contributed by atoms with E-state index in [1.807, 2.05) is 32.0 Å². The Morgan fingerprint density at radius 1 is 1.26 bits per heavy atom. The van der Waals surface area contributed by atoms with Crippen LogP contribution in [0.2, 0.25) is 0 Å². The Bertz CT molecular complexity index is 711. The fourth-order valence-electron chi connectivity index (χ4n) is 3.87. The first-order chi connectivity index (χ1) is 12.8. The number of carbonyl (C=O) groups excluding carboxylic acids is 2. The first-order valence-electron chi connectivity index (χ1n) is 9.76. The van der Waals surface area contributed by atoms with E-state index in [-0.39, 0.29) is 29.7 Å². The van der Waals surface area contributed by atoms with Crippen molar-refractivity contribution in [3.63, 3.8) is 0 Å². The average Bonchev–Trinajstić information content (AvgIpc) is 3.04. The molecule has 2 saturated heterocycles. The minimum absolute atomic E-state index is 0.0243. The van der Waals surface area contributed by atoms with Crippen LogP contribution in [0.4, 0.5) is 5.69 Å². The molecule has 148 valence electrons. The largest absolute Gasteiger partial charge is 0.379 e. The van der Waals surface area contributed by atoms with Gasteiger partial charge in [0.1, 0.15) is 0 Å². The predicted octanol–water partition coefficient (Wildman–Crippen LogP) is 1.88. The predicted molar refractivity (Wildman–Crippen MR) is 106 cm³/mol. The molecule has 0 saturated carbocycles. The zero-order valence-electron chi connectivity index (χ0n) is 16.9. The normalized spacial score (nSPS) is 21.6. The fourth-order valence-corrected chi connectivity index (χ4v) is 3.87. The molecule has 0 aromatic heterocycles. The molecule has 1 N–H and O–H groups in total. The Morgan fingerprint density at radius 2 is 1.96 bits per heavy atom. The van der Waals surface area contributed by atoms with E-state index in [1.54, 1.807) is 4.90 Å². The molecular weight excluding hydrogens is 342 g/mol. The molecule has 1 aromatic carbocycles. The van der Waals surface area contributed by atoms with E-state index in [2.05, 4.69) is 24.1 Å². The second kappa shape index (κ2) is 7.98. The van der Waals surface area contributed by atoms with Crippen LogP contribution in [0.25, 0.3) is 0 Å². The maximum absolute atomic E-state index is 12.7. The van der Waals surface area contributed by atoms with Gasteiger partial charge < -0.3 is 15.0 Å². The Balaban J connectivity index is 1.60. The van der Waals surface area contributed by atoms with Crippen LogP contribution in [-0.4, -0.2) is 61.6 Å². The minimum Gasteiger partial charge on any atom is -0.379 e. The molecule has 2 aliphatic rings. The van der Waals surface area contributed by atoms with Gasteiger partial charge in [-0.05, 0) is 44.9 Å². The summed E-state index contributed by atoms with van der Waals surface area (Å²) in [5.74, 6) is -0.299. The van der Waals surface area contributed by atoms with Gasteiger partial charge in [0, 0.05) is 43.8 Å². The van der Waals surface area contributed by atoms with E-state index in [0.29, 0.717) is 13.1 Å². The summed E-state index contributed by atoms with van der Waals surface area (Å²) in [6.45, 7) is 12.6. The molecule has 1 atom stereocenters. The molecule has 0 aliphatic carbocycles. The monoisotopic (exact) mass is 373 g/mol. The van der Waals surface area contributed by atoms with Crippen LogP contribution in [0.15, 0.2) is 18.2 Å². The van der Waals surface area contributed by atoms with Crippen molar-refractivity contribution in [2.75, 3.05) is 44.3 Å². The van der Waals surface area contributed by atoms with Crippen molar-refractivity contribution < 1.29 is 14.3 Å². The number of benzene rings is 1. The zero-order valence-corrected chi connectivity index (χ0v) is 16.9. The summed E-state index contributed by atoms with van der Waals surface area (Å²) in [7, 11) is 0. The summed E-state index contributed by atoms with van der Waals surface area (Å²) in [6, 6.07) is 5.96. The van der Waals surface area contributed by atoms with Crippen molar-refractivity contribution in [1.29, 1.82) is 0 Å². The lowest BCUT2D eigenvalue weighted by Crippen LogP contribution is -2.55. The summed E-state index contributed by atoms with van der Waals surface area (Å²) >= 11 is 0. The lowest BCUT2D eigenvalue weighted by Gasteiger charge is -2.41. The molecule has 1 unspecified atom stereocenters. The van der Waals surface area contributed by atoms with E-state index < -0.39 is 0 Å². The summed E-state index contributed by atoms with van der Waals surface area (Å²) in [5, 5.41) is 3.08.